The molecule has 0 saturated heterocycles. The van der Waals surface area contributed by atoms with Gasteiger partial charge in [0, 0.05) is 11.6 Å². The summed E-state index contributed by atoms with van der Waals surface area (Å²) in [5.74, 6) is 1.01. The number of rotatable bonds is 4. The second-order valence-electron chi connectivity index (χ2n) is 5.04. The fourth-order valence-corrected chi connectivity index (χ4v) is 2.06. The molecule has 0 radical (unpaired) electrons. The van der Waals surface area contributed by atoms with Gasteiger partial charge in [-0.05, 0) is 36.6 Å². The van der Waals surface area contributed by atoms with Crippen LogP contribution < -0.4 is 5.32 Å². The largest absolute Gasteiger partial charge is 0.467 e. The van der Waals surface area contributed by atoms with Gasteiger partial charge in [-0.2, -0.15) is 0 Å². The van der Waals surface area contributed by atoms with Crippen molar-refractivity contribution in [3.05, 3.63) is 47.4 Å². The first-order chi connectivity index (χ1) is 8.59. The van der Waals surface area contributed by atoms with Crippen LogP contribution in [0.15, 0.2) is 34.9 Å². The predicted molar refractivity (Wildman–Crippen MR) is 75.6 cm³/mol. The minimum atomic E-state index is 0.460. The molecule has 2 aromatic rings. The second-order valence-corrected chi connectivity index (χ2v) is 5.04. The minimum absolute atomic E-state index is 0.460. The highest BCUT2D eigenvalue weighted by atomic mass is 16.3. The zero-order chi connectivity index (χ0) is 13.1. The van der Waals surface area contributed by atoms with E-state index in [-0.39, 0.29) is 0 Å². The maximum Gasteiger partial charge on any atom is 0.125 e. The summed E-state index contributed by atoms with van der Waals surface area (Å²) in [6.45, 7) is 9.36. The van der Waals surface area contributed by atoms with Crippen LogP contribution in [0.3, 0.4) is 0 Å². The molecular formula is C16H21NO. The average molecular weight is 243 g/mol. The van der Waals surface area contributed by atoms with Crippen molar-refractivity contribution in [2.75, 3.05) is 0 Å². The van der Waals surface area contributed by atoms with Crippen LogP contribution in [0.25, 0.3) is 11.1 Å². The molecule has 18 heavy (non-hydrogen) atoms. The molecule has 0 amide bonds. The molecule has 2 rings (SSSR count). The lowest BCUT2D eigenvalue weighted by atomic mass is 9.97. The Morgan fingerprint density at radius 1 is 1.11 bits per heavy atom. The van der Waals surface area contributed by atoms with Gasteiger partial charge in [-0.1, -0.05) is 32.0 Å². The van der Waals surface area contributed by atoms with Crippen LogP contribution in [-0.4, -0.2) is 6.04 Å². The maximum absolute atomic E-state index is 5.60. The molecule has 1 aromatic heterocycles. The quantitative estimate of drug-likeness (QED) is 0.876. The average Bonchev–Trinajstić information content (AvgIpc) is 2.78. The van der Waals surface area contributed by atoms with Gasteiger partial charge in [0.05, 0.1) is 12.8 Å². The molecule has 0 unspecified atom stereocenters. The van der Waals surface area contributed by atoms with E-state index in [1.807, 2.05) is 0 Å². The molecule has 0 aliphatic carbocycles. The van der Waals surface area contributed by atoms with Crippen molar-refractivity contribution in [2.24, 2.45) is 0 Å². The number of benzene rings is 1. The molecule has 0 aliphatic rings. The predicted octanol–water partition coefficient (Wildman–Crippen LogP) is 4.06. The highest BCUT2D eigenvalue weighted by Gasteiger charge is 2.11. The molecule has 0 spiro atoms. The van der Waals surface area contributed by atoms with Gasteiger partial charge in [-0.25, -0.2) is 0 Å². The topological polar surface area (TPSA) is 25.2 Å². The summed E-state index contributed by atoms with van der Waals surface area (Å²) in [5, 5.41) is 3.40. The Kier molecular flexibility index (Phi) is 3.87. The molecule has 96 valence electrons. The summed E-state index contributed by atoms with van der Waals surface area (Å²) in [4.78, 5) is 0. The van der Waals surface area contributed by atoms with Crippen LogP contribution in [0.1, 0.15) is 30.7 Å². The van der Waals surface area contributed by atoms with E-state index in [9.17, 15) is 0 Å². The smallest absolute Gasteiger partial charge is 0.125 e. The molecule has 1 aromatic carbocycles. The summed E-state index contributed by atoms with van der Waals surface area (Å²) >= 11 is 0. The van der Waals surface area contributed by atoms with E-state index in [2.05, 4.69) is 57.3 Å². The zero-order valence-corrected chi connectivity index (χ0v) is 11.6. The van der Waals surface area contributed by atoms with Crippen molar-refractivity contribution in [1.29, 1.82) is 0 Å². The molecule has 0 bridgehead atoms. The second kappa shape index (κ2) is 5.40. The monoisotopic (exact) mass is 243 g/mol. The van der Waals surface area contributed by atoms with Crippen LogP contribution >= 0.6 is 0 Å². The van der Waals surface area contributed by atoms with E-state index in [1.165, 1.54) is 22.3 Å². The summed E-state index contributed by atoms with van der Waals surface area (Å²) in [6, 6.07) is 8.92. The van der Waals surface area contributed by atoms with Crippen molar-refractivity contribution in [1.82, 2.24) is 5.32 Å². The van der Waals surface area contributed by atoms with E-state index in [4.69, 9.17) is 4.42 Å². The number of nitrogens with one attached hydrogen (secondary N) is 1. The molecule has 2 heteroatoms. The van der Waals surface area contributed by atoms with Crippen molar-refractivity contribution in [2.45, 2.75) is 40.3 Å². The third kappa shape index (κ3) is 2.65. The van der Waals surface area contributed by atoms with Crippen molar-refractivity contribution < 1.29 is 4.42 Å². The molecule has 0 fully saturated rings. The molecule has 2 nitrogen and oxygen atoms in total. The van der Waals surface area contributed by atoms with Crippen molar-refractivity contribution in [3.8, 4) is 11.1 Å². The van der Waals surface area contributed by atoms with Gasteiger partial charge in [0.25, 0.3) is 0 Å². The number of hydrogen-bond acceptors (Lipinski definition) is 2. The van der Waals surface area contributed by atoms with Crippen LogP contribution in [-0.2, 0) is 6.54 Å². The first-order valence-electron chi connectivity index (χ1n) is 6.46. The normalized spacial score (nSPS) is 11.2. The van der Waals surface area contributed by atoms with Gasteiger partial charge in [0.1, 0.15) is 5.76 Å². The molecule has 0 atom stereocenters. The third-order valence-corrected chi connectivity index (χ3v) is 3.31. The summed E-state index contributed by atoms with van der Waals surface area (Å²) in [5.41, 5.74) is 5.11. The zero-order valence-electron chi connectivity index (χ0n) is 11.6. The number of hydrogen-bond donors (Lipinski definition) is 1. The van der Waals surface area contributed by atoms with Crippen molar-refractivity contribution >= 4 is 0 Å². The summed E-state index contributed by atoms with van der Waals surface area (Å²) in [7, 11) is 0. The summed E-state index contributed by atoms with van der Waals surface area (Å²) in [6.07, 6.45) is 1.77. The Labute approximate surface area is 109 Å². The Morgan fingerprint density at radius 3 is 2.61 bits per heavy atom. The van der Waals surface area contributed by atoms with Gasteiger partial charge in [-0.15, -0.1) is 0 Å². The lowest BCUT2D eigenvalue weighted by Gasteiger charge is -2.10. The van der Waals surface area contributed by atoms with Gasteiger partial charge < -0.3 is 9.73 Å². The third-order valence-electron chi connectivity index (χ3n) is 3.31. The minimum Gasteiger partial charge on any atom is -0.467 e. The highest BCUT2D eigenvalue weighted by Crippen LogP contribution is 2.29. The Balaban J connectivity index is 2.33. The Hall–Kier alpha value is -1.54. The van der Waals surface area contributed by atoms with Crippen LogP contribution in [0.2, 0.25) is 0 Å². The van der Waals surface area contributed by atoms with Crippen LogP contribution in [0.4, 0.5) is 0 Å². The van der Waals surface area contributed by atoms with Gasteiger partial charge in [-0.3, -0.25) is 0 Å². The summed E-state index contributed by atoms with van der Waals surface area (Å²) < 4.78 is 5.60. The van der Waals surface area contributed by atoms with E-state index in [1.54, 1.807) is 6.26 Å². The first kappa shape index (κ1) is 12.9. The van der Waals surface area contributed by atoms with Gasteiger partial charge >= 0.3 is 0 Å². The van der Waals surface area contributed by atoms with E-state index >= 15 is 0 Å². The molecule has 0 aliphatic heterocycles. The number of aryl methyl sites for hydroxylation is 1. The Bertz CT molecular complexity index is 526. The highest BCUT2D eigenvalue weighted by molar-refractivity contribution is 5.70. The van der Waals surface area contributed by atoms with E-state index in [0.717, 1.165) is 12.3 Å². The fraction of sp³-hybridized carbons (Fsp3) is 0.375. The first-order valence-corrected chi connectivity index (χ1v) is 6.46. The molecule has 1 N–H and O–H groups in total. The van der Waals surface area contributed by atoms with Crippen LogP contribution in [0.5, 0.6) is 0 Å². The molecule has 0 saturated carbocycles. The van der Waals surface area contributed by atoms with Gasteiger partial charge in [0.2, 0.25) is 0 Å². The van der Waals surface area contributed by atoms with Gasteiger partial charge in [0.15, 0.2) is 0 Å². The molecule has 1 heterocycles. The number of furan rings is 1. The van der Waals surface area contributed by atoms with Crippen LogP contribution in [0, 0.1) is 13.8 Å². The fourth-order valence-electron chi connectivity index (χ4n) is 2.06. The van der Waals surface area contributed by atoms with E-state index < -0.39 is 0 Å². The SMILES string of the molecule is Cc1cccc(-c2ccoc2CNC(C)C)c1C. The lowest BCUT2D eigenvalue weighted by Crippen LogP contribution is -2.21. The molecular weight excluding hydrogens is 222 g/mol. The standard InChI is InChI=1S/C16H21NO/c1-11(2)17-10-16-15(8-9-18-16)14-7-5-6-12(3)13(14)4/h5-9,11,17H,10H2,1-4H3. The Morgan fingerprint density at radius 2 is 1.89 bits per heavy atom. The maximum atomic E-state index is 5.60. The van der Waals surface area contributed by atoms with E-state index in [0.29, 0.717) is 6.04 Å². The van der Waals surface area contributed by atoms with Crippen molar-refractivity contribution in [3.63, 3.8) is 0 Å². The lowest BCUT2D eigenvalue weighted by molar-refractivity contribution is 0.466.